The van der Waals surface area contributed by atoms with Gasteiger partial charge in [-0.15, -0.1) is 0 Å². The molecule has 90 valence electrons. The summed E-state index contributed by atoms with van der Waals surface area (Å²) in [6, 6.07) is 7.59. The molecule has 1 aliphatic heterocycles. The molecule has 0 saturated carbocycles. The Balaban J connectivity index is 2.15. The Morgan fingerprint density at radius 1 is 1.47 bits per heavy atom. The molecule has 1 amide bonds. The number of likely N-dealkylation sites (N-methyl/N-ethyl adjacent to an activating group) is 1. The van der Waals surface area contributed by atoms with Crippen LogP contribution in [0.25, 0.3) is 0 Å². The zero-order chi connectivity index (χ0) is 12.4. The minimum Gasteiger partial charge on any atom is -0.480 e. The number of amides is 1. The molecule has 0 aliphatic carbocycles. The Morgan fingerprint density at radius 2 is 2.18 bits per heavy atom. The summed E-state index contributed by atoms with van der Waals surface area (Å²) in [5.41, 5.74) is 1.89. The van der Waals surface area contributed by atoms with Crippen LogP contribution in [0.1, 0.15) is 11.5 Å². The van der Waals surface area contributed by atoms with Gasteiger partial charge < -0.3 is 15.3 Å². The Hall–Kier alpha value is -2.04. The van der Waals surface area contributed by atoms with Gasteiger partial charge >= 0.3 is 5.97 Å². The number of carboxylic acid groups (broad SMARTS) is 1. The van der Waals surface area contributed by atoms with Gasteiger partial charge in [0.05, 0.1) is 5.92 Å². The van der Waals surface area contributed by atoms with Crippen molar-refractivity contribution in [3.8, 4) is 0 Å². The highest BCUT2D eigenvalue weighted by atomic mass is 16.4. The van der Waals surface area contributed by atoms with Gasteiger partial charge in [-0.2, -0.15) is 0 Å². The maximum atomic E-state index is 12.1. The maximum absolute atomic E-state index is 12.1. The fraction of sp³-hybridized carbons (Fsp3) is 0.333. The molecule has 2 rings (SSSR count). The lowest BCUT2D eigenvalue weighted by Gasteiger charge is -2.19. The number of anilines is 1. The number of fused-ring (bicyclic) bond motifs is 1. The average molecular weight is 234 g/mol. The van der Waals surface area contributed by atoms with E-state index in [4.69, 9.17) is 5.11 Å². The highest BCUT2D eigenvalue weighted by Crippen LogP contribution is 2.31. The van der Waals surface area contributed by atoms with Crippen LogP contribution in [-0.4, -0.2) is 42.0 Å². The summed E-state index contributed by atoms with van der Waals surface area (Å²) in [6.07, 6.45) is 0. The van der Waals surface area contributed by atoms with Crippen LogP contribution in [0.5, 0.6) is 0 Å². The molecule has 0 fully saturated rings. The fourth-order valence-electron chi connectivity index (χ4n) is 2.05. The van der Waals surface area contributed by atoms with E-state index in [2.05, 4.69) is 5.32 Å². The number of benzene rings is 1. The lowest BCUT2D eigenvalue weighted by Crippen LogP contribution is -2.36. The van der Waals surface area contributed by atoms with E-state index in [1.807, 2.05) is 24.3 Å². The van der Waals surface area contributed by atoms with Gasteiger partial charge in [0, 0.05) is 19.3 Å². The number of hydrogen-bond donors (Lipinski definition) is 2. The molecule has 5 heteroatoms. The van der Waals surface area contributed by atoms with Crippen molar-refractivity contribution >= 4 is 17.6 Å². The second kappa shape index (κ2) is 4.45. The second-order valence-electron chi connectivity index (χ2n) is 4.11. The molecule has 1 aromatic carbocycles. The summed E-state index contributed by atoms with van der Waals surface area (Å²) in [5, 5.41) is 11.8. The van der Waals surface area contributed by atoms with Gasteiger partial charge in [0.2, 0.25) is 5.91 Å². The molecule has 5 nitrogen and oxygen atoms in total. The van der Waals surface area contributed by atoms with Gasteiger partial charge in [0.15, 0.2) is 0 Å². The van der Waals surface area contributed by atoms with Crippen molar-refractivity contribution < 1.29 is 14.7 Å². The van der Waals surface area contributed by atoms with Gasteiger partial charge in [0.25, 0.3) is 0 Å². The van der Waals surface area contributed by atoms with Gasteiger partial charge in [-0.1, -0.05) is 18.2 Å². The van der Waals surface area contributed by atoms with E-state index in [0.29, 0.717) is 6.54 Å². The molecular formula is C12H14N2O3. The SMILES string of the molecule is CN(CC(=O)O)C(=O)C1CNc2ccccc21. The highest BCUT2D eigenvalue weighted by Gasteiger charge is 2.30. The van der Waals surface area contributed by atoms with Crippen molar-refractivity contribution in [3.05, 3.63) is 29.8 Å². The van der Waals surface area contributed by atoms with E-state index in [-0.39, 0.29) is 18.4 Å². The number of para-hydroxylation sites is 1. The predicted molar refractivity (Wildman–Crippen MR) is 62.9 cm³/mol. The molecule has 2 N–H and O–H groups in total. The van der Waals surface area contributed by atoms with Crippen LogP contribution >= 0.6 is 0 Å². The van der Waals surface area contributed by atoms with Crippen LogP contribution in [-0.2, 0) is 9.59 Å². The summed E-state index contributed by atoms with van der Waals surface area (Å²) < 4.78 is 0. The molecule has 1 aliphatic rings. The number of hydrogen-bond acceptors (Lipinski definition) is 3. The summed E-state index contributed by atoms with van der Waals surface area (Å²) in [7, 11) is 1.51. The van der Waals surface area contributed by atoms with Gasteiger partial charge in [-0.05, 0) is 11.6 Å². The normalized spacial score (nSPS) is 17.1. The van der Waals surface area contributed by atoms with E-state index in [9.17, 15) is 9.59 Å². The number of nitrogens with one attached hydrogen (secondary N) is 1. The van der Waals surface area contributed by atoms with Crippen LogP contribution in [0.4, 0.5) is 5.69 Å². The third-order valence-electron chi connectivity index (χ3n) is 2.88. The Bertz CT molecular complexity index is 459. The minimum absolute atomic E-state index is 0.162. The third-order valence-corrected chi connectivity index (χ3v) is 2.88. The summed E-state index contributed by atoms with van der Waals surface area (Å²) in [6.45, 7) is 0.264. The first-order valence-corrected chi connectivity index (χ1v) is 5.39. The number of nitrogens with zero attached hydrogens (tertiary/aromatic N) is 1. The van der Waals surface area contributed by atoms with E-state index < -0.39 is 5.97 Å². The maximum Gasteiger partial charge on any atom is 0.323 e. The fourth-order valence-corrected chi connectivity index (χ4v) is 2.05. The van der Waals surface area contributed by atoms with Crippen molar-refractivity contribution in [2.24, 2.45) is 0 Å². The molecule has 0 spiro atoms. The molecule has 1 unspecified atom stereocenters. The lowest BCUT2D eigenvalue weighted by molar-refractivity contribution is -0.143. The number of carbonyl (C=O) groups excluding carboxylic acids is 1. The van der Waals surface area contributed by atoms with Crippen molar-refractivity contribution in [2.45, 2.75) is 5.92 Å². The molecule has 0 radical (unpaired) electrons. The summed E-state index contributed by atoms with van der Waals surface area (Å²) >= 11 is 0. The number of carboxylic acids is 1. The van der Waals surface area contributed by atoms with E-state index in [0.717, 1.165) is 11.3 Å². The zero-order valence-electron chi connectivity index (χ0n) is 9.51. The molecule has 0 saturated heterocycles. The van der Waals surface area contributed by atoms with Gasteiger partial charge in [-0.25, -0.2) is 0 Å². The van der Waals surface area contributed by atoms with Crippen LogP contribution in [0, 0.1) is 0 Å². The highest BCUT2D eigenvalue weighted by molar-refractivity contribution is 5.90. The predicted octanol–water partition coefficient (Wildman–Crippen LogP) is 0.739. The molecular weight excluding hydrogens is 220 g/mol. The molecule has 1 atom stereocenters. The van der Waals surface area contributed by atoms with Crippen LogP contribution in [0.3, 0.4) is 0 Å². The Labute approximate surface area is 99.0 Å². The van der Waals surface area contributed by atoms with Gasteiger partial charge in [-0.3, -0.25) is 9.59 Å². The third kappa shape index (κ3) is 2.22. The van der Waals surface area contributed by atoms with E-state index >= 15 is 0 Å². The number of aliphatic carboxylic acids is 1. The minimum atomic E-state index is -1.000. The number of carbonyl (C=O) groups is 2. The Morgan fingerprint density at radius 3 is 2.88 bits per heavy atom. The van der Waals surface area contributed by atoms with Crippen LogP contribution in [0.15, 0.2) is 24.3 Å². The molecule has 1 aromatic rings. The van der Waals surface area contributed by atoms with Crippen molar-refractivity contribution in [1.82, 2.24) is 4.90 Å². The first-order valence-electron chi connectivity index (χ1n) is 5.39. The summed E-state index contributed by atoms with van der Waals surface area (Å²) in [5.74, 6) is -1.44. The standard InChI is InChI=1S/C12H14N2O3/c1-14(7-11(15)16)12(17)9-6-13-10-5-3-2-4-8(9)10/h2-5,9,13H,6-7H2,1H3,(H,15,16). The van der Waals surface area contributed by atoms with Gasteiger partial charge in [0.1, 0.15) is 6.54 Å². The molecule has 0 aromatic heterocycles. The van der Waals surface area contributed by atoms with Crippen LogP contribution in [0.2, 0.25) is 0 Å². The largest absolute Gasteiger partial charge is 0.480 e. The first-order chi connectivity index (χ1) is 8.09. The Kier molecular flexibility index (Phi) is 2.99. The zero-order valence-corrected chi connectivity index (χ0v) is 9.51. The quantitative estimate of drug-likeness (QED) is 0.809. The molecule has 1 heterocycles. The second-order valence-corrected chi connectivity index (χ2v) is 4.11. The molecule has 17 heavy (non-hydrogen) atoms. The van der Waals surface area contributed by atoms with Crippen molar-refractivity contribution in [3.63, 3.8) is 0 Å². The van der Waals surface area contributed by atoms with Crippen molar-refractivity contribution in [1.29, 1.82) is 0 Å². The molecule has 0 bridgehead atoms. The van der Waals surface area contributed by atoms with E-state index in [1.165, 1.54) is 11.9 Å². The van der Waals surface area contributed by atoms with Crippen molar-refractivity contribution in [2.75, 3.05) is 25.5 Å². The lowest BCUT2D eigenvalue weighted by atomic mass is 10.00. The first kappa shape index (κ1) is 11.4. The monoisotopic (exact) mass is 234 g/mol. The topological polar surface area (TPSA) is 69.6 Å². The number of rotatable bonds is 3. The van der Waals surface area contributed by atoms with Crippen LogP contribution < -0.4 is 5.32 Å². The smallest absolute Gasteiger partial charge is 0.323 e. The average Bonchev–Trinajstić information content (AvgIpc) is 2.70. The summed E-state index contributed by atoms with van der Waals surface area (Å²) in [4.78, 5) is 23.9. The van der Waals surface area contributed by atoms with E-state index in [1.54, 1.807) is 0 Å².